The molecule has 2 atom stereocenters. The Labute approximate surface area is 232 Å². The zero-order valence-corrected chi connectivity index (χ0v) is 24.0. The highest BCUT2D eigenvalue weighted by Crippen LogP contribution is 2.20. The number of carbonyl (C=O) groups excluding carboxylic acids is 3. The van der Waals surface area contributed by atoms with Crippen LogP contribution in [0.4, 0.5) is 0 Å². The molecular formula is C32H41N3O4. The predicted octanol–water partition coefficient (Wildman–Crippen LogP) is 4.04. The van der Waals surface area contributed by atoms with E-state index in [9.17, 15) is 14.4 Å². The summed E-state index contributed by atoms with van der Waals surface area (Å²) >= 11 is 0. The maximum Gasteiger partial charge on any atom is 0.248 e. The van der Waals surface area contributed by atoms with Crippen LogP contribution in [0.3, 0.4) is 0 Å². The van der Waals surface area contributed by atoms with Crippen molar-refractivity contribution in [1.82, 2.24) is 14.7 Å². The van der Waals surface area contributed by atoms with Gasteiger partial charge in [-0.2, -0.15) is 0 Å². The summed E-state index contributed by atoms with van der Waals surface area (Å²) in [4.78, 5) is 45.0. The summed E-state index contributed by atoms with van der Waals surface area (Å²) in [5.74, 6) is -0.450. The fraction of sp³-hybridized carbons (Fsp3) is 0.406. The lowest BCUT2D eigenvalue weighted by Gasteiger charge is -2.35. The van der Waals surface area contributed by atoms with Crippen molar-refractivity contribution in [2.75, 3.05) is 41.4 Å². The lowest BCUT2D eigenvalue weighted by Crippen LogP contribution is -2.56. The van der Waals surface area contributed by atoms with Crippen LogP contribution in [0, 0.1) is 5.92 Å². The molecule has 0 spiro atoms. The van der Waals surface area contributed by atoms with Crippen molar-refractivity contribution in [2.45, 2.75) is 38.8 Å². The molecule has 0 aliphatic carbocycles. The lowest BCUT2D eigenvalue weighted by molar-refractivity contribution is -0.150. The molecule has 0 aromatic heterocycles. The number of ether oxygens (including phenoxy) is 1. The van der Waals surface area contributed by atoms with Gasteiger partial charge in [0.05, 0.1) is 0 Å². The quantitative estimate of drug-likeness (QED) is 0.354. The van der Waals surface area contributed by atoms with Gasteiger partial charge in [0.25, 0.3) is 0 Å². The van der Waals surface area contributed by atoms with Crippen LogP contribution in [0.25, 0.3) is 10.8 Å². The van der Waals surface area contributed by atoms with Crippen molar-refractivity contribution >= 4 is 28.5 Å². The molecule has 3 rings (SSSR count). The molecule has 208 valence electrons. The highest BCUT2D eigenvalue weighted by molar-refractivity contribution is 5.92. The van der Waals surface area contributed by atoms with Gasteiger partial charge in [-0.3, -0.25) is 14.4 Å². The number of rotatable bonds is 12. The zero-order chi connectivity index (χ0) is 28.5. The number of carbonyl (C=O) groups is 3. The molecule has 0 saturated carbocycles. The molecular weight excluding hydrogens is 490 g/mol. The van der Waals surface area contributed by atoms with E-state index < -0.39 is 12.1 Å². The van der Waals surface area contributed by atoms with Gasteiger partial charge in [-0.1, -0.05) is 86.6 Å². The van der Waals surface area contributed by atoms with Gasteiger partial charge in [-0.25, -0.2) is 0 Å². The molecule has 0 aliphatic rings. The van der Waals surface area contributed by atoms with Crippen molar-refractivity contribution in [1.29, 1.82) is 0 Å². The van der Waals surface area contributed by atoms with Gasteiger partial charge < -0.3 is 19.4 Å². The molecule has 3 aromatic rings. The molecule has 2 unspecified atom stereocenters. The number of amides is 3. The first-order chi connectivity index (χ1) is 18.6. The summed E-state index contributed by atoms with van der Waals surface area (Å²) < 4.78 is 5.60. The van der Waals surface area contributed by atoms with E-state index in [1.54, 1.807) is 28.2 Å². The van der Waals surface area contributed by atoms with Gasteiger partial charge in [0, 0.05) is 47.6 Å². The predicted molar refractivity (Wildman–Crippen MR) is 155 cm³/mol. The molecule has 0 heterocycles. The van der Waals surface area contributed by atoms with E-state index in [4.69, 9.17) is 4.74 Å². The average molecular weight is 532 g/mol. The summed E-state index contributed by atoms with van der Waals surface area (Å²) in [6, 6.07) is 22.2. The van der Waals surface area contributed by atoms with Crippen molar-refractivity contribution in [2.24, 2.45) is 5.92 Å². The molecule has 0 bridgehead atoms. The minimum atomic E-state index is -0.806. The topological polar surface area (TPSA) is 70.2 Å². The number of hydrogen-bond donors (Lipinski definition) is 0. The molecule has 0 N–H and O–H groups in total. The summed E-state index contributed by atoms with van der Waals surface area (Å²) in [6.45, 7) is 4.39. The van der Waals surface area contributed by atoms with E-state index in [1.807, 2.05) is 80.6 Å². The molecule has 0 radical (unpaired) electrons. The van der Waals surface area contributed by atoms with Crippen LogP contribution >= 0.6 is 0 Å². The van der Waals surface area contributed by atoms with Crippen LogP contribution in [-0.2, 0) is 32.0 Å². The third kappa shape index (κ3) is 8.14. The van der Waals surface area contributed by atoms with Crippen LogP contribution in [-0.4, -0.2) is 85.9 Å². The molecule has 39 heavy (non-hydrogen) atoms. The second kappa shape index (κ2) is 13.9. The molecule has 3 aromatic carbocycles. The Morgan fingerprint density at radius 3 is 1.92 bits per heavy atom. The Hall–Kier alpha value is -3.71. The van der Waals surface area contributed by atoms with Crippen LogP contribution < -0.4 is 0 Å². The van der Waals surface area contributed by atoms with E-state index in [0.717, 1.165) is 21.9 Å². The number of benzene rings is 3. The average Bonchev–Trinajstić information content (AvgIpc) is 2.93. The van der Waals surface area contributed by atoms with Gasteiger partial charge >= 0.3 is 0 Å². The monoisotopic (exact) mass is 531 g/mol. The SMILES string of the molecule is CC(C)COCC(=O)N(C)C(Cc1ccc2ccccc2c1)C(=O)N(C)C(Cc1ccccc1)C(=O)N(C)C. The number of fused-ring (bicyclic) bond motifs is 1. The van der Waals surface area contributed by atoms with Crippen molar-refractivity contribution in [3.63, 3.8) is 0 Å². The number of nitrogens with zero attached hydrogens (tertiary/aromatic N) is 3. The molecule has 0 fully saturated rings. The second-order valence-corrected chi connectivity index (χ2v) is 10.7. The maximum atomic E-state index is 14.1. The third-order valence-corrected chi connectivity index (χ3v) is 6.88. The van der Waals surface area contributed by atoms with E-state index in [1.165, 1.54) is 14.7 Å². The molecule has 7 nitrogen and oxygen atoms in total. The summed E-state index contributed by atoms with van der Waals surface area (Å²) in [6.07, 6.45) is 0.687. The Bertz CT molecular complexity index is 1260. The first kappa shape index (κ1) is 29.8. The second-order valence-electron chi connectivity index (χ2n) is 10.7. The van der Waals surface area contributed by atoms with E-state index >= 15 is 0 Å². The molecule has 7 heteroatoms. The normalized spacial score (nSPS) is 12.7. The van der Waals surface area contributed by atoms with Crippen LogP contribution in [0.15, 0.2) is 72.8 Å². The Balaban J connectivity index is 1.92. The minimum Gasteiger partial charge on any atom is -0.371 e. The van der Waals surface area contributed by atoms with E-state index in [-0.39, 0.29) is 24.3 Å². The fourth-order valence-corrected chi connectivity index (χ4v) is 4.55. The van der Waals surface area contributed by atoms with E-state index in [2.05, 4.69) is 6.07 Å². The Kier molecular flexibility index (Phi) is 10.6. The van der Waals surface area contributed by atoms with Crippen molar-refractivity contribution in [3.05, 3.63) is 83.9 Å². The maximum absolute atomic E-state index is 14.1. The molecule has 0 aliphatic heterocycles. The minimum absolute atomic E-state index is 0.107. The van der Waals surface area contributed by atoms with Gasteiger partial charge in [0.1, 0.15) is 18.7 Å². The van der Waals surface area contributed by atoms with E-state index in [0.29, 0.717) is 25.4 Å². The van der Waals surface area contributed by atoms with Gasteiger partial charge in [-0.05, 0) is 27.8 Å². The highest BCUT2D eigenvalue weighted by Gasteiger charge is 2.35. The summed E-state index contributed by atoms with van der Waals surface area (Å²) in [7, 11) is 6.66. The zero-order valence-electron chi connectivity index (χ0n) is 24.0. The number of likely N-dealkylation sites (N-methyl/N-ethyl adjacent to an activating group) is 3. The largest absolute Gasteiger partial charge is 0.371 e. The first-order valence-electron chi connectivity index (χ1n) is 13.4. The smallest absolute Gasteiger partial charge is 0.248 e. The summed E-state index contributed by atoms with van der Waals surface area (Å²) in [5.41, 5.74) is 1.89. The summed E-state index contributed by atoms with van der Waals surface area (Å²) in [5, 5.41) is 2.17. The highest BCUT2D eigenvalue weighted by atomic mass is 16.5. The van der Waals surface area contributed by atoms with Crippen molar-refractivity contribution < 1.29 is 19.1 Å². The van der Waals surface area contributed by atoms with Gasteiger partial charge in [0.15, 0.2) is 0 Å². The molecule has 3 amide bonds. The van der Waals surface area contributed by atoms with Gasteiger partial charge in [0.2, 0.25) is 17.7 Å². The Morgan fingerprint density at radius 1 is 0.692 bits per heavy atom. The fourth-order valence-electron chi connectivity index (χ4n) is 4.55. The first-order valence-corrected chi connectivity index (χ1v) is 13.4. The van der Waals surface area contributed by atoms with Crippen LogP contribution in [0.5, 0.6) is 0 Å². The van der Waals surface area contributed by atoms with Crippen LogP contribution in [0.1, 0.15) is 25.0 Å². The Morgan fingerprint density at radius 2 is 1.28 bits per heavy atom. The van der Waals surface area contributed by atoms with Crippen LogP contribution in [0.2, 0.25) is 0 Å². The number of hydrogen-bond acceptors (Lipinski definition) is 4. The lowest BCUT2D eigenvalue weighted by atomic mass is 9.98. The van der Waals surface area contributed by atoms with Gasteiger partial charge in [-0.15, -0.1) is 0 Å². The third-order valence-electron chi connectivity index (χ3n) is 6.88. The standard InChI is InChI=1S/C32H41N3O4/c1-23(2)21-39-22-30(36)34(5)29(20-25-16-17-26-14-10-11-15-27(26)18-25)32(38)35(6)28(31(37)33(3)4)19-24-12-8-7-9-13-24/h7-18,23,28-29H,19-22H2,1-6H3. The van der Waals surface area contributed by atoms with Crippen molar-refractivity contribution in [3.8, 4) is 0 Å². The molecule has 0 saturated heterocycles.